The van der Waals surface area contributed by atoms with E-state index in [0.717, 1.165) is 13.0 Å². The standard InChI is InChI=1S/C12H20N2O3/c1-8-5-14(6-9(8)10(15)16)11(17)12(2)3-4-13-7-12/h8-9,13H,3-7H2,1-2H3,(H,15,16). The zero-order chi connectivity index (χ0) is 12.6. The molecule has 2 fully saturated rings. The molecule has 0 aliphatic carbocycles. The second kappa shape index (κ2) is 4.29. The zero-order valence-corrected chi connectivity index (χ0v) is 10.4. The molecular formula is C12H20N2O3. The highest BCUT2D eigenvalue weighted by Crippen LogP contribution is 2.31. The van der Waals surface area contributed by atoms with Crippen LogP contribution >= 0.6 is 0 Å². The lowest BCUT2D eigenvalue weighted by Gasteiger charge is -2.28. The maximum Gasteiger partial charge on any atom is 0.308 e. The van der Waals surface area contributed by atoms with Crippen molar-refractivity contribution in [2.75, 3.05) is 26.2 Å². The van der Waals surface area contributed by atoms with Crippen LogP contribution in [0.15, 0.2) is 0 Å². The SMILES string of the molecule is CC1CN(C(=O)C2(C)CCNC2)CC1C(=O)O. The van der Waals surface area contributed by atoms with Gasteiger partial charge in [-0.3, -0.25) is 9.59 Å². The summed E-state index contributed by atoms with van der Waals surface area (Å²) in [5, 5.41) is 12.3. The summed E-state index contributed by atoms with van der Waals surface area (Å²) >= 11 is 0. The number of likely N-dealkylation sites (tertiary alicyclic amines) is 1. The molecule has 3 atom stereocenters. The summed E-state index contributed by atoms with van der Waals surface area (Å²) in [6, 6.07) is 0. The molecule has 0 aromatic carbocycles. The molecule has 2 saturated heterocycles. The number of carboxylic acids is 1. The molecule has 2 N–H and O–H groups in total. The highest BCUT2D eigenvalue weighted by Gasteiger charge is 2.44. The first-order chi connectivity index (χ1) is 7.94. The minimum atomic E-state index is -0.789. The Morgan fingerprint density at radius 1 is 1.41 bits per heavy atom. The van der Waals surface area contributed by atoms with Crippen LogP contribution in [0.25, 0.3) is 0 Å². The van der Waals surface area contributed by atoms with E-state index in [2.05, 4.69) is 5.32 Å². The van der Waals surface area contributed by atoms with Gasteiger partial charge in [0.25, 0.3) is 0 Å². The Morgan fingerprint density at radius 3 is 2.59 bits per heavy atom. The Hall–Kier alpha value is -1.10. The summed E-state index contributed by atoms with van der Waals surface area (Å²) in [6.07, 6.45) is 0.842. The molecule has 2 heterocycles. The fourth-order valence-corrected chi connectivity index (χ4v) is 2.84. The van der Waals surface area contributed by atoms with E-state index in [1.807, 2.05) is 13.8 Å². The summed E-state index contributed by atoms with van der Waals surface area (Å²) in [7, 11) is 0. The van der Waals surface area contributed by atoms with Crippen molar-refractivity contribution in [1.29, 1.82) is 0 Å². The van der Waals surface area contributed by atoms with Gasteiger partial charge in [-0.2, -0.15) is 0 Å². The maximum atomic E-state index is 12.4. The van der Waals surface area contributed by atoms with Crippen LogP contribution in [0.4, 0.5) is 0 Å². The van der Waals surface area contributed by atoms with Gasteiger partial charge in [0.15, 0.2) is 0 Å². The molecule has 5 heteroatoms. The van der Waals surface area contributed by atoms with Gasteiger partial charge in [-0.1, -0.05) is 6.92 Å². The molecular weight excluding hydrogens is 220 g/mol. The molecule has 0 bridgehead atoms. The van der Waals surface area contributed by atoms with Crippen LogP contribution < -0.4 is 5.32 Å². The van der Waals surface area contributed by atoms with E-state index in [1.54, 1.807) is 4.90 Å². The van der Waals surface area contributed by atoms with Gasteiger partial charge in [0.2, 0.25) is 5.91 Å². The molecule has 17 heavy (non-hydrogen) atoms. The monoisotopic (exact) mass is 240 g/mol. The number of nitrogens with one attached hydrogen (secondary N) is 1. The highest BCUT2D eigenvalue weighted by molar-refractivity contribution is 5.84. The number of amides is 1. The Labute approximate surface area is 101 Å². The minimum Gasteiger partial charge on any atom is -0.481 e. The number of hydrogen-bond acceptors (Lipinski definition) is 3. The number of hydrogen-bond donors (Lipinski definition) is 2. The molecule has 0 radical (unpaired) electrons. The molecule has 2 aliphatic rings. The van der Waals surface area contributed by atoms with Gasteiger partial charge in [-0.25, -0.2) is 0 Å². The van der Waals surface area contributed by atoms with E-state index in [4.69, 9.17) is 5.11 Å². The minimum absolute atomic E-state index is 0.0504. The fraction of sp³-hybridized carbons (Fsp3) is 0.833. The average molecular weight is 240 g/mol. The van der Waals surface area contributed by atoms with Crippen LogP contribution in [0.5, 0.6) is 0 Å². The van der Waals surface area contributed by atoms with Crippen LogP contribution in [-0.2, 0) is 9.59 Å². The van der Waals surface area contributed by atoms with Crippen molar-refractivity contribution in [2.45, 2.75) is 20.3 Å². The average Bonchev–Trinajstić information content (AvgIpc) is 2.84. The summed E-state index contributed by atoms with van der Waals surface area (Å²) in [5.74, 6) is -1.04. The molecule has 5 nitrogen and oxygen atoms in total. The molecule has 0 aromatic rings. The topological polar surface area (TPSA) is 69.6 Å². The van der Waals surface area contributed by atoms with Gasteiger partial charge >= 0.3 is 5.97 Å². The van der Waals surface area contributed by atoms with Crippen molar-refractivity contribution in [2.24, 2.45) is 17.3 Å². The molecule has 3 unspecified atom stereocenters. The van der Waals surface area contributed by atoms with E-state index in [1.165, 1.54) is 0 Å². The van der Waals surface area contributed by atoms with E-state index >= 15 is 0 Å². The van der Waals surface area contributed by atoms with Crippen molar-refractivity contribution in [1.82, 2.24) is 10.2 Å². The maximum absolute atomic E-state index is 12.4. The molecule has 1 amide bonds. The van der Waals surface area contributed by atoms with E-state index in [0.29, 0.717) is 19.6 Å². The first kappa shape index (κ1) is 12.4. The van der Waals surface area contributed by atoms with Crippen LogP contribution in [-0.4, -0.2) is 48.1 Å². The Morgan fingerprint density at radius 2 is 2.12 bits per heavy atom. The first-order valence-corrected chi connectivity index (χ1v) is 6.17. The van der Waals surface area contributed by atoms with Crippen molar-refractivity contribution >= 4 is 11.9 Å². The van der Waals surface area contributed by atoms with Gasteiger partial charge < -0.3 is 15.3 Å². The third-order valence-electron chi connectivity index (χ3n) is 4.10. The predicted molar refractivity (Wildman–Crippen MR) is 62.5 cm³/mol. The Balaban J connectivity index is 2.05. The van der Waals surface area contributed by atoms with Crippen molar-refractivity contribution < 1.29 is 14.7 Å². The molecule has 96 valence electrons. The van der Waals surface area contributed by atoms with E-state index < -0.39 is 11.9 Å². The Kier molecular flexibility index (Phi) is 3.12. The molecule has 0 spiro atoms. The predicted octanol–water partition coefficient (Wildman–Crippen LogP) is 0.165. The third-order valence-corrected chi connectivity index (χ3v) is 4.10. The van der Waals surface area contributed by atoms with Gasteiger partial charge in [-0.15, -0.1) is 0 Å². The lowest BCUT2D eigenvalue weighted by molar-refractivity contribution is -0.143. The third kappa shape index (κ3) is 2.16. The van der Waals surface area contributed by atoms with Crippen molar-refractivity contribution in [3.8, 4) is 0 Å². The van der Waals surface area contributed by atoms with Crippen molar-refractivity contribution in [3.05, 3.63) is 0 Å². The van der Waals surface area contributed by atoms with Crippen LogP contribution in [0.2, 0.25) is 0 Å². The van der Waals surface area contributed by atoms with Gasteiger partial charge in [0.05, 0.1) is 11.3 Å². The summed E-state index contributed by atoms with van der Waals surface area (Å²) < 4.78 is 0. The second-order valence-electron chi connectivity index (χ2n) is 5.62. The highest BCUT2D eigenvalue weighted by atomic mass is 16.4. The van der Waals surface area contributed by atoms with Gasteiger partial charge in [0, 0.05) is 19.6 Å². The number of carboxylic acid groups (broad SMARTS) is 1. The lowest BCUT2D eigenvalue weighted by atomic mass is 9.88. The zero-order valence-electron chi connectivity index (χ0n) is 10.4. The second-order valence-corrected chi connectivity index (χ2v) is 5.62. The van der Waals surface area contributed by atoms with Crippen LogP contribution in [0, 0.1) is 17.3 Å². The quantitative estimate of drug-likeness (QED) is 0.721. The number of rotatable bonds is 2. The van der Waals surface area contributed by atoms with Gasteiger partial charge in [0.1, 0.15) is 0 Å². The largest absolute Gasteiger partial charge is 0.481 e. The molecule has 2 rings (SSSR count). The number of carbonyl (C=O) groups is 2. The number of aliphatic carboxylic acids is 1. The van der Waals surface area contributed by atoms with Crippen LogP contribution in [0.3, 0.4) is 0 Å². The van der Waals surface area contributed by atoms with Crippen LogP contribution in [0.1, 0.15) is 20.3 Å². The normalized spacial score (nSPS) is 37.4. The summed E-state index contributed by atoms with van der Waals surface area (Å²) in [4.78, 5) is 25.1. The first-order valence-electron chi connectivity index (χ1n) is 6.17. The number of nitrogens with zero attached hydrogens (tertiary/aromatic N) is 1. The van der Waals surface area contributed by atoms with E-state index in [9.17, 15) is 9.59 Å². The number of carbonyl (C=O) groups excluding carboxylic acids is 1. The summed E-state index contributed by atoms with van der Waals surface area (Å²) in [6.45, 7) is 6.38. The lowest BCUT2D eigenvalue weighted by Crippen LogP contribution is -2.42. The molecule has 0 aromatic heterocycles. The molecule has 0 saturated carbocycles. The summed E-state index contributed by atoms with van der Waals surface area (Å²) in [5.41, 5.74) is -0.340. The molecule has 2 aliphatic heterocycles. The van der Waals surface area contributed by atoms with Crippen molar-refractivity contribution in [3.63, 3.8) is 0 Å². The fourth-order valence-electron chi connectivity index (χ4n) is 2.84. The van der Waals surface area contributed by atoms with Gasteiger partial charge in [-0.05, 0) is 25.8 Å². The Bertz CT molecular complexity index is 337. The van der Waals surface area contributed by atoms with E-state index in [-0.39, 0.29) is 17.2 Å². The smallest absolute Gasteiger partial charge is 0.308 e.